The van der Waals surface area contributed by atoms with Crippen LogP contribution < -0.4 is 0 Å². The summed E-state index contributed by atoms with van der Waals surface area (Å²) in [5.74, 6) is -0.223. The Morgan fingerprint density at radius 3 is 2.84 bits per heavy atom. The molecule has 0 radical (unpaired) electrons. The minimum atomic E-state index is -0.223. The first-order valence-corrected chi connectivity index (χ1v) is 10.1. The molecule has 0 bridgehead atoms. The van der Waals surface area contributed by atoms with Gasteiger partial charge >= 0.3 is 0 Å². The third-order valence-electron chi connectivity index (χ3n) is 4.20. The number of nitrogens with zero attached hydrogens (tertiary/aromatic N) is 4. The number of halogens is 1. The van der Waals surface area contributed by atoms with Gasteiger partial charge in [0, 0.05) is 54.5 Å². The number of thioether (sulfide) groups is 1. The summed E-state index contributed by atoms with van der Waals surface area (Å²) in [7, 11) is 0. The molecule has 0 amide bonds. The Hall–Kier alpha value is -1.83. The Balaban J connectivity index is 1.45. The fourth-order valence-electron chi connectivity index (χ4n) is 2.92. The molecule has 0 saturated carbocycles. The molecule has 1 aliphatic rings. The van der Waals surface area contributed by atoms with Gasteiger partial charge in [-0.2, -0.15) is 0 Å². The van der Waals surface area contributed by atoms with Crippen molar-refractivity contribution in [2.45, 2.75) is 24.7 Å². The van der Waals surface area contributed by atoms with Crippen molar-refractivity contribution in [1.29, 1.82) is 0 Å². The lowest BCUT2D eigenvalue weighted by Crippen LogP contribution is -2.30. The maximum absolute atomic E-state index is 13.1. The normalized spacial score (nSPS) is 14.5. The van der Waals surface area contributed by atoms with Crippen LogP contribution in [0.1, 0.15) is 16.1 Å². The van der Waals surface area contributed by atoms with Gasteiger partial charge in [0.25, 0.3) is 0 Å². The van der Waals surface area contributed by atoms with Crippen LogP contribution >= 0.6 is 23.1 Å². The predicted octanol–water partition coefficient (Wildman–Crippen LogP) is 4.02. The summed E-state index contributed by atoms with van der Waals surface area (Å²) < 4.78 is 13.1. The number of hydrogen-bond acceptors (Lipinski definition) is 6. The lowest BCUT2D eigenvalue weighted by Gasteiger charge is -2.27. The zero-order valence-electron chi connectivity index (χ0n) is 13.8. The van der Waals surface area contributed by atoms with Crippen LogP contribution in [0.3, 0.4) is 0 Å². The number of benzene rings is 1. The first-order valence-electron chi connectivity index (χ1n) is 8.03. The lowest BCUT2D eigenvalue weighted by atomic mass is 10.1. The van der Waals surface area contributed by atoms with Crippen LogP contribution in [0, 0.1) is 5.82 Å². The summed E-state index contributed by atoms with van der Waals surface area (Å²) in [5, 5.41) is 1.78. The van der Waals surface area contributed by atoms with Crippen LogP contribution in [0.25, 0.3) is 10.6 Å². The molecule has 3 heterocycles. The first kappa shape index (κ1) is 16.6. The first-order chi connectivity index (χ1) is 12.2. The molecule has 4 nitrogen and oxygen atoms in total. The third kappa shape index (κ3) is 3.73. The number of rotatable bonds is 4. The van der Waals surface area contributed by atoms with E-state index in [-0.39, 0.29) is 5.82 Å². The average molecular weight is 372 g/mol. The van der Waals surface area contributed by atoms with E-state index in [4.69, 9.17) is 0 Å². The molecule has 4 rings (SSSR count). The standard InChI is InChI=1S/C18H17FN4S2/c1-24-18-21-8-13-10-23(7-6-16(13)22-18)11-15-9-20-17(25-15)12-2-4-14(19)5-3-12/h2-5,8-9H,6-7,10-11H2,1H3. The van der Waals surface area contributed by atoms with Crippen molar-refractivity contribution in [1.82, 2.24) is 19.9 Å². The van der Waals surface area contributed by atoms with E-state index in [1.807, 2.05) is 18.6 Å². The minimum absolute atomic E-state index is 0.223. The SMILES string of the molecule is CSc1ncc2c(n1)CCN(Cc1cnc(-c3ccc(F)cc3)s1)C2. The van der Waals surface area contributed by atoms with Crippen LogP contribution in [-0.2, 0) is 19.5 Å². The quantitative estimate of drug-likeness (QED) is 0.511. The molecule has 0 aliphatic carbocycles. The Kier molecular flexibility index (Phi) is 4.78. The summed E-state index contributed by atoms with van der Waals surface area (Å²) in [4.78, 5) is 17.1. The van der Waals surface area contributed by atoms with Gasteiger partial charge < -0.3 is 0 Å². The van der Waals surface area contributed by atoms with Gasteiger partial charge in [0.05, 0.1) is 5.69 Å². The van der Waals surface area contributed by atoms with Gasteiger partial charge in [-0.1, -0.05) is 11.8 Å². The Morgan fingerprint density at radius 1 is 1.20 bits per heavy atom. The van der Waals surface area contributed by atoms with E-state index in [2.05, 4.69) is 19.9 Å². The molecule has 0 unspecified atom stereocenters. The molecular formula is C18H17FN4S2. The molecule has 0 spiro atoms. The highest BCUT2D eigenvalue weighted by Gasteiger charge is 2.19. The fourth-order valence-corrected chi connectivity index (χ4v) is 4.24. The van der Waals surface area contributed by atoms with Crippen molar-refractivity contribution < 1.29 is 4.39 Å². The van der Waals surface area contributed by atoms with E-state index in [0.717, 1.165) is 41.8 Å². The summed E-state index contributed by atoms with van der Waals surface area (Å²) in [6.45, 7) is 2.72. The topological polar surface area (TPSA) is 41.9 Å². The van der Waals surface area contributed by atoms with Crippen molar-refractivity contribution in [2.75, 3.05) is 12.8 Å². The van der Waals surface area contributed by atoms with Crippen LogP contribution in [0.2, 0.25) is 0 Å². The van der Waals surface area contributed by atoms with Crippen molar-refractivity contribution in [3.63, 3.8) is 0 Å². The van der Waals surface area contributed by atoms with Crippen molar-refractivity contribution in [3.05, 3.63) is 58.6 Å². The van der Waals surface area contributed by atoms with Crippen molar-refractivity contribution in [2.24, 2.45) is 0 Å². The van der Waals surface area contributed by atoms with Gasteiger partial charge in [-0.05, 0) is 30.5 Å². The second kappa shape index (κ2) is 7.19. The lowest BCUT2D eigenvalue weighted by molar-refractivity contribution is 0.244. The van der Waals surface area contributed by atoms with Gasteiger partial charge in [-0.25, -0.2) is 19.3 Å². The van der Waals surface area contributed by atoms with E-state index in [1.54, 1.807) is 35.2 Å². The van der Waals surface area contributed by atoms with Crippen molar-refractivity contribution >= 4 is 23.1 Å². The van der Waals surface area contributed by atoms with E-state index >= 15 is 0 Å². The van der Waals surface area contributed by atoms with Crippen LogP contribution in [0.15, 0.2) is 41.8 Å². The Bertz CT molecular complexity index is 879. The number of aromatic nitrogens is 3. The van der Waals surface area contributed by atoms with Crippen LogP contribution in [0.4, 0.5) is 4.39 Å². The number of fused-ring (bicyclic) bond motifs is 1. The third-order valence-corrected chi connectivity index (χ3v) is 5.79. The average Bonchev–Trinajstić information content (AvgIpc) is 3.10. The predicted molar refractivity (Wildman–Crippen MR) is 99.1 cm³/mol. The van der Waals surface area contributed by atoms with Gasteiger partial charge in [-0.3, -0.25) is 4.90 Å². The zero-order valence-corrected chi connectivity index (χ0v) is 15.4. The molecule has 128 valence electrons. The molecule has 0 fully saturated rings. The Morgan fingerprint density at radius 2 is 2.04 bits per heavy atom. The van der Waals surface area contributed by atoms with Crippen LogP contribution in [-0.4, -0.2) is 32.7 Å². The second-order valence-corrected chi connectivity index (χ2v) is 7.82. The van der Waals surface area contributed by atoms with E-state index in [1.165, 1.54) is 28.3 Å². The molecule has 2 aromatic heterocycles. The molecule has 3 aromatic rings. The van der Waals surface area contributed by atoms with E-state index in [0.29, 0.717) is 0 Å². The highest BCUT2D eigenvalue weighted by Crippen LogP contribution is 2.27. The minimum Gasteiger partial charge on any atom is -0.293 e. The Labute approximate surface area is 154 Å². The molecule has 0 atom stereocenters. The highest BCUT2D eigenvalue weighted by molar-refractivity contribution is 7.98. The van der Waals surface area contributed by atoms with Crippen LogP contribution in [0.5, 0.6) is 0 Å². The smallest absolute Gasteiger partial charge is 0.187 e. The molecule has 7 heteroatoms. The maximum Gasteiger partial charge on any atom is 0.187 e. The van der Waals surface area contributed by atoms with Gasteiger partial charge in [0.1, 0.15) is 10.8 Å². The highest BCUT2D eigenvalue weighted by atomic mass is 32.2. The van der Waals surface area contributed by atoms with E-state index in [9.17, 15) is 4.39 Å². The molecule has 0 saturated heterocycles. The summed E-state index contributed by atoms with van der Waals surface area (Å²) in [6.07, 6.45) is 6.83. The summed E-state index contributed by atoms with van der Waals surface area (Å²) in [6, 6.07) is 6.49. The fraction of sp³-hybridized carbons (Fsp3) is 0.278. The summed E-state index contributed by atoms with van der Waals surface area (Å²) >= 11 is 3.24. The largest absolute Gasteiger partial charge is 0.293 e. The monoisotopic (exact) mass is 372 g/mol. The van der Waals surface area contributed by atoms with E-state index < -0.39 is 0 Å². The second-order valence-electron chi connectivity index (χ2n) is 5.93. The number of thiazole rings is 1. The zero-order chi connectivity index (χ0) is 17.2. The number of hydrogen-bond donors (Lipinski definition) is 0. The summed E-state index contributed by atoms with van der Waals surface area (Å²) in [5.41, 5.74) is 3.35. The molecule has 0 N–H and O–H groups in total. The molecule has 1 aliphatic heterocycles. The van der Waals surface area contributed by atoms with Gasteiger partial charge in [0.15, 0.2) is 5.16 Å². The molecule has 1 aromatic carbocycles. The van der Waals surface area contributed by atoms with Crippen molar-refractivity contribution in [3.8, 4) is 10.6 Å². The maximum atomic E-state index is 13.1. The van der Waals surface area contributed by atoms with Gasteiger partial charge in [-0.15, -0.1) is 11.3 Å². The van der Waals surface area contributed by atoms with Gasteiger partial charge in [0.2, 0.25) is 0 Å². The molecular weight excluding hydrogens is 355 g/mol. The molecule has 25 heavy (non-hydrogen) atoms.